The third-order valence-corrected chi connectivity index (χ3v) is 3.46. The molecule has 0 fully saturated rings. The van der Waals surface area contributed by atoms with Gasteiger partial charge in [0.25, 0.3) is 0 Å². The number of hydrogen-bond donors (Lipinski definition) is 1. The molecule has 1 aromatic heterocycles. The Balaban J connectivity index is 1.98. The zero-order valence-corrected chi connectivity index (χ0v) is 10.9. The standard InChI is InChI=1S/C16H21NO/c1-2-13-5-7-14(8-6-13)15(12-17)9-10-16-4-3-11-18-16/h3-8,11,15H,2,9-10,12,17H2,1H3. The summed E-state index contributed by atoms with van der Waals surface area (Å²) in [5.41, 5.74) is 8.59. The first-order valence-electron chi connectivity index (χ1n) is 6.64. The highest BCUT2D eigenvalue weighted by atomic mass is 16.3. The molecule has 2 rings (SSSR count). The van der Waals surface area contributed by atoms with Gasteiger partial charge in [-0.25, -0.2) is 0 Å². The van der Waals surface area contributed by atoms with Crippen molar-refractivity contribution in [2.24, 2.45) is 5.73 Å². The zero-order valence-electron chi connectivity index (χ0n) is 10.9. The van der Waals surface area contributed by atoms with Crippen LogP contribution in [0, 0.1) is 0 Å². The fraction of sp³-hybridized carbons (Fsp3) is 0.375. The van der Waals surface area contributed by atoms with E-state index in [0.29, 0.717) is 12.5 Å². The van der Waals surface area contributed by atoms with Crippen LogP contribution >= 0.6 is 0 Å². The van der Waals surface area contributed by atoms with Crippen LogP contribution in [-0.2, 0) is 12.8 Å². The molecule has 96 valence electrons. The van der Waals surface area contributed by atoms with Gasteiger partial charge in [0, 0.05) is 6.42 Å². The molecule has 0 bridgehead atoms. The van der Waals surface area contributed by atoms with Gasteiger partial charge in [0.1, 0.15) is 5.76 Å². The van der Waals surface area contributed by atoms with Crippen LogP contribution < -0.4 is 5.73 Å². The summed E-state index contributed by atoms with van der Waals surface area (Å²) < 4.78 is 5.36. The molecule has 2 nitrogen and oxygen atoms in total. The first-order valence-corrected chi connectivity index (χ1v) is 6.64. The Hall–Kier alpha value is -1.54. The minimum Gasteiger partial charge on any atom is -0.469 e. The molecule has 2 N–H and O–H groups in total. The van der Waals surface area contributed by atoms with Crippen LogP contribution in [0.3, 0.4) is 0 Å². The van der Waals surface area contributed by atoms with Gasteiger partial charge in [0.05, 0.1) is 6.26 Å². The van der Waals surface area contributed by atoms with Gasteiger partial charge < -0.3 is 10.2 Å². The van der Waals surface area contributed by atoms with Crippen LogP contribution in [-0.4, -0.2) is 6.54 Å². The van der Waals surface area contributed by atoms with E-state index < -0.39 is 0 Å². The van der Waals surface area contributed by atoms with Crippen LogP contribution in [0.5, 0.6) is 0 Å². The largest absolute Gasteiger partial charge is 0.469 e. The molecule has 0 aliphatic carbocycles. The lowest BCUT2D eigenvalue weighted by molar-refractivity contribution is 0.487. The van der Waals surface area contributed by atoms with E-state index in [9.17, 15) is 0 Å². The van der Waals surface area contributed by atoms with Gasteiger partial charge in [-0.3, -0.25) is 0 Å². The lowest BCUT2D eigenvalue weighted by Gasteiger charge is -2.15. The molecule has 1 atom stereocenters. The van der Waals surface area contributed by atoms with Crippen molar-refractivity contribution in [3.63, 3.8) is 0 Å². The maximum atomic E-state index is 5.88. The van der Waals surface area contributed by atoms with Crippen molar-refractivity contribution in [2.75, 3.05) is 6.54 Å². The SMILES string of the molecule is CCc1ccc(C(CN)CCc2ccco2)cc1. The van der Waals surface area contributed by atoms with Gasteiger partial charge in [0.15, 0.2) is 0 Å². The summed E-state index contributed by atoms with van der Waals surface area (Å²) in [5.74, 6) is 1.46. The zero-order chi connectivity index (χ0) is 12.8. The first kappa shape index (κ1) is 12.9. The average Bonchev–Trinajstić information content (AvgIpc) is 2.93. The predicted octanol–water partition coefficient (Wildman–Crippen LogP) is 3.52. The summed E-state index contributed by atoms with van der Waals surface area (Å²) in [5, 5.41) is 0. The Morgan fingerprint density at radius 2 is 1.94 bits per heavy atom. The van der Waals surface area contributed by atoms with Gasteiger partial charge in [-0.15, -0.1) is 0 Å². The summed E-state index contributed by atoms with van der Waals surface area (Å²) in [6, 6.07) is 12.8. The maximum absolute atomic E-state index is 5.88. The van der Waals surface area contributed by atoms with Gasteiger partial charge in [0.2, 0.25) is 0 Å². The molecule has 0 aliphatic rings. The molecule has 1 aromatic carbocycles. The number of furan rings is 1. The van der Waals surface area contributed by atoms with E-state index in [1.807, 2.05) is 12.1 Å². The van der Waals surface area contributed by atoms with Gasteiger partial charge in [-0.1, -0.05) is 31.2 Å². The lowest BCUT2D eigenvalue weighted by Crippen LogP contribution is -2.13. The van der Waals surface area contributed by atoms with E-state index in [2.05, 4.69) is 31.2 Å². The Kier molecular flexibility index (Phi) is 4.59. The van der Waals surface area contributed by atoms with Gasteiger partial charge in [-0.05, 0) is 48.6 Å². The molecule has 2 aromatic rings. The lowest BCUT2D eigenvalue weighted by atomic mass is 9.93. The number of rotatable bonds is 6. The second-order valence-corrected chi connectivity index (χ2v) is 4.65. The summed E-state index contributed by atoms with van der Waals surface area (Å²) in [4.78, 5) is 0. The number of nitrogens with two attached hydrogens (primary N) is 1. The highest BCUT2D eigenvalue weighted by Crippen LogP contribution is 2.21. The normalized spacial score (nSPS) is 12.6. The van der Waals surface area contributed by atoms with Crippen LogP contribution in [0.15, 0.2) is 47.1 Å². The fourth-order valence-corrected chi connectivity index (χ4v) is 2.22. The van der Waals surface area contributed by atoms with Crippen molar-refractivity contribution < 1.29 is 4.42 Å². The second kappa shape index (κ2) is 6.41. The van der Waals surface area contributed by atoms with Crippen molar-refractivity contribution in [1.82, 2.24) is 0 Å². The molecule has 0 radical (unpaired) electrons. The van der Waals surface area contributed by atoms with Crippen molar-refractivity contribution in [3.8, 4) is 0 Å². The quantitative estimate of drug-likeness (QED) is 0.843. The molecule has 0 aliphatic heterocycles. The van der Waals surface area contributed by atoms with Gasteiger partial charge in [-0.2, -0.15) is 0 Å². The van der Waals surface area contributed by atoms with Crippen LogP contribution in [0.1, 0.15) is 36.1 Å². The molecular weight excluding hydrogens is 222 g/mol. The van der Waals surface area contributed by atoms with Crippen molar-refractivity contribution in [1.29, 1.82) is 0 Å². The van der Waals surface area contributed by atoms with Crippen molar-refractivity contribution in [3.05, 3.63) is 59.5 Å². The average molecular weight is 243 g/mol. The minimum atomic E-state index is 0.418. The van der Waals surface area contributed by atoms with Crippen molar-refractivity contribution >= 4 is 0 Å². The Bertz CT molecular complexity index is 444. The van der Waals surface area contributed by atoms with Gasteiger partial charge >= 0.3 is 0 Å². The van der Waals surface area contributed by atoms with E-state index >= 15 is 0 Å². The highest BCUT2D eigenvalue weighted by molar-refractivity contribution is 5.25. The summed E-state index contributed by atoms with van der Waals surface area (Å²) in [6.07, 6.45) is 4.79. The maximum Gasteiger partial charge on any atom is 0.103 e. The molecule has 1 heterocycles. The van der Waals surface area contributed by atoms with E-state index in [4.69, 9.17) is 10.2 Å². The molecule has 0 spiro atoms. The Morgan fingerprint density at radius 3 is 2.50 bits per heavy atom. The molecule has 0 saturated carbocycles. The fourth-order valence-electron chi connectivity index (χ4n) is 2.22. The number of aryl methyl sites for hydroxylation is 2. The number of benzene rings is 1. The predicted molar refractivity (Wildman–Crippen MR) is 74.6 cm³/mol. The monoisotopic (exact) mass is 243 g/mol. The van der Waals surface area contributed by atoms with E-state index in [-0.39, 0.29) is 0 Å². The molecule has 0 amide bonds. The third kappa shape index (κ3) is 3.23. The smallest absolute Gasteiger partial charge is 0.103 e. The molecule has 1 unspecified atom stereocenters. The molecule has 18 heavy (non-hydrogen) atoms. The summed E-state index contributed by atoms with van der Waals surface area (Å²) >= 11 is 0. The Labute approximate surface area is 109 Å². The molecular formula is C16H21NO. The molecule has 0 saturated heterocycles. The van der Waals surface area contributed by atoms with Crippen LogP contribution in [0.25, 0.3) is 0 Å². The summed E-state index contributed by atoms with van der Waals surface area (Å²) in [7, 11) is 0. The topological polar surface area (TPSA) is 39.2 Å². The van der Waals surface area contributed by atoms with Crippen LogP contribution in [0.4, 0.5) is 0 Å². The first-order chi connectivity index (χ1) is 8.83. The van der Waals surface area contributed by atoms with E-state index in [0.717, 1.165) is 25.0 Å². The third-order valence-electron chi connectivity index (χ3n) is 3.46. The van der Waals surface area contributed by atoms with E-state index in [1.54, 1.807) is 6.26 Å². The van der Waals surface area contributed by atoms with Crippen LogP contribution in [0.2, 0.25) is 0 Å². The second-order valence-electron chi connectivity index (χ2n) is 4.65. The summed E-state index contributed by atoms with van der Waals surface area (Å²) in [6.45, 7) is 2.86. The molecule has 2 heteroatoms. The van der Waals surface area contributed by atoms with E-state index in [1.165, 1.54) is 11.1 Å². The Morgan fingerprint density at radius 1 is 1.17 bits per heavy atom. The number of hydrogen-bond acceptors (Lipinski definition) is 2. The highest BCUT2D eigenvalue weighted by Gasteiger charge is 2.10. The van der Waals surface area contributed by atoms with Crippen molar-refractivity contribution in [2.45, 2.75) is 32.1 Å². The minimum absolute atomic E-state index is 0.418.